The van der Waals surface area contributed by atoms with Gasteiger partial charge in [0.15, 0.2) is 0 Å². The highest BCUT2D eigenvalue weighted by molar-refractivity contribution is 6.33. The fourth-order valence-electron chi connectivity index (χ4n) is 1.77. The highest BCUT2D eigenvalue weighted by atomic mass is 35.5. The number of rotatable bonds is 4. The minimum Gasteiger partial charge on any atom is -0.271 e. The van der Waals surface area contributed by atoms with Crippen molar-refractivity contribution >= 4 is 23.2 Å². The lowest BCUT2D eigenvalue weighted by molar-refractivity contribution is 0.223. The lowest BCUT2D eigenvalue weighted by Crippen LogP contribution is -2.32. The van der Waals surface area contributed by atoms with Gasteiger partial charge in [-0.15, -0.1) is 0 Å². The molecule has 0 aliphatic rings. The maximum atomic E-state index is 6.21. The van der Waals surface area contributed by atoms with Crippen molar-refractivity contribution < 1.29 is 0 Å². The molecule has 2 nitrogen and oxygen atoms in total. The SMILES string of the molecule is CC(CC(NN)c1cc(Cl)ccc1Cl)C(C)(C)C. The third-order valence-electron chi connectivity index (χ3n) is 3.60. The van der Waals surface area contributed by atoms with Crippen LogP contribution in [0, 0.1) is 11.3 Å². The Labute approximate surface area is 120 Å². The average molecular weight is 289 g/mol. The minimum absolute atomic E-state index is 0.0189. The van der Waals surface area contributed by atoms with Crippen molar-refractivity contribution in [2.45, 2.75) is 40.2 Å². The summed E-state index contributed by atoms with van der Waals surface area (Å²) in [4.78, 5) is 0. The summed E-state index contributed by atoms with van der Waals surface area (Å²) in [6, 6.07) is 5.49. The Morgan fingerprint density at radius 2 is 1.89 bits per heavy atom. The van der Waals surface area contributed by atoms with E-state index in [2.05, 4.69) is 33.1 Å². The zero-order valence-electron chi connectivity index (χ0n) is 11.4. The summed E-state index contributed by atoms with van der Waals surface area (Å²) >= 11 is 12.2. The highest BCUT2D eigenvalue weighted by Crippen LogP contribution is 2.35. The molecule has 2 atom stereocenters. The molecule has 0 saturated carbocycles. The van der Waals surface area contributed by atoms with Crippen molar-refractivity contribution in [3.8, 4) is 0 Å². The van der Waals surface area contributed by atoms with E-state index in [1.807, 2.05) is 12.1 Å². The van der Waals surface area contributed by atoms with Crippen molar-refractivity contribution in [3.05, 3.63) is 33.8 Å². The van der Waals surface area contributed by atoms with Crippen LogP contribution in [0.1, 0.15) is 45.7 Å². The normalized spacial score (nSPS) is 15.5. The number of nitrogens with one attached hydrogen (secondary N) is 1. The Morgan fingerprint density at radius 3 is 2.39 bits per heavy atom. The largest absolute Gasteiger partial charge is 0.271 e. The maximum absolute atomic E-state index is 6.21. The van der Waals surface area contributed by atoms with Crippen molar-refractivity contribution in [1.82, 2.24) is 5.43 Å². The monoisotopic (exact) mass is 288 g/mol. The van der Waals surface area contributed by atoms with Crippen LogP contribution in [0.4, 0.5) is 0 Å². The number of benzene rings is 1. The number of hydrogen-bond acceptors (Lipinski definition) is 2. The standard InChI is InChI=1S/C14H22Cl2N2/c1-9(14(2,3)4)7-13(18-17)11-8-10(15)5-6-12(11)16/h5-6,8-9,13,18H,7,17H2,1-4H3. The molecule has 0 spiro atoms. The second-order valence-electron chi connectivity index (χ2n) is 5.89. The van der Waals surface area contributed by atoms with Gasteiger partial charge in [0, 0.05) is 16.1 Å². The van der Waals surface area contributed by atoms with Gasteiger partial charge in [-0.2, -0.15) is 0 Å². The molecule has 18 heavy (non-hydrogen) atoms. The smallest absolute Gasteiger partial charge is 0.0478 e. The van der Waals surface area contributed by atoms with Crippen LogP contribution in [-0.2, 0) is 0 Å². The number of halogens is 2. The van der Waals surface area contributed by atoms with Crippen molar-refractivity contribution in [2.24, 2.45) is 17.2 Å². The van der Waals surface area contributed by atoms with E-state index >= 15 is 0 Å². The zero-order valence-corrected chi connectivity index (χ0v) is 12.9. The Hall–Kier alpha value is -0.280. The number of hydrogen-bond donors (Lipinski definition) is 2. The Kier molecular flexibility index (Phi) is 5.47. The van der Waals surface area contributed by atoms with Gasteiger partial charge in [-0.25, -0.2) is 0 Å². The van der Waals surface area contributed by atoms with E-state index in [0.717, 1.165) is 12.0 Å². The molecular formula is C14H22Cl2N2. The van der Waals surface area contributed by atoms with E-state index < -0.39 is 0 Å². The highest BCUT2D eigenvalue weighted by Gasteiger charge is 2.25. The van der Waals surface area contributed by atoms with Gasteiger partial charge in [-0.3, -0.25) is 11.3 Å². The molecule has 0 aliphatic heterocycles. The average Bonchev–Trinajstić information content (AvgIpc) is 2.28. The fourth-order valence-corrected chi connectivity index (χ4v) is 2.20. The molecule has 1 aromatic carbocycles. The van der Waals surface area contributed by atoms with Crippen molar-refractivity contribution in [1.29, 1.82) is 0 Å². The summed E-state index contributed by atoms with van der Waals surface area (Å²) in [5.74, 6) is 6.17. The Bertz CT molecular complexity index is 399. The third kappa shape index (κ3) is 4.13. The summed E-state index contributed by atoms with van der Waals surface area (Å²) in [5.41, 5.74) is 4.04. The van der Waals surface area contributed by atoms with Crippen LogP contribution in [0.3, 0.4) is 0 Å². The zero-order chi connectivity index (χ0) is 13.9. The first-order valence-electron chi connectivity index (χ1n) is 6.16. The predicted octanol–water partition coefficient (Wildman–Crippen LogP) is 4.57. The van der Waals surface area contributed by atoms with Crippen LogP contribution < -0.4 is 11.3 Å². The lowest BCUT2D eigenvalue weighted by Gasteiger charge is -2.31. The van der Waals surface area contributed by atoms with Crippen LogP contribution in [0.15, 0.2) is 18.2 Å². The van der Waals surface area contributed by atoms with Gasteiger partial charge in [0.05, 0.1) is 0 Å². The molecule has 0 amide bonds. The summed E-state index contributed by atoms with van der Waals surface area (Å²) < 4.78 is 0. The number of nitrogens with two attached hydrogens (primary N) is 1. The molecule has 0 aromatic heterocycles. The van der Waals surface area contributed by atoms with E-state index in [0.29, 0.717) is 16.0 Å². The van der Waals surface area contributed by atoms with Crippen LogP contribution in [-0.4, -0.2) is 0 Å². The van der Waals surface area contributed by atoms with Gasteiger partial charge in [0.1, 0.15) is 0 Å². The van der Waals surface area contributed by atoms with Crippen LogP contribution in [0.25, 0.3) is 0 Å². The molecule has 102 valence electrons. The van der Waals surface area contributed by atoms with Gasteiger partial charge < -0.3 is 0 Å². The Balaban J connectivity index is 2.93. The van der Waals surface area contributed by atoms with Gasteiger partial charge in [0.2, 0.25) is 0 Å². The molecule has 3 N–H and O–H groups in total. The quantitative estimate of drug-likeness (QED) is 0.629. The number of hydrazine groups is 1. The van der Waals surface area contributed by atoms with E-state index in [1.165, 1.54) is 0 Å². The minimum atomic E-state index is 0.0189. The second-order valence-corrected chi connectivity index (χ2v) is 6.73. The maximum Gasteiger partial charge on any atom is 0.0478 e. The summed E-state index contributed by atoms with van der Waals surface area (Å²) in [6.45, 7) is 8.91. The molecular weight excluding hydrogens is 267 g/mol. The molecule has 0 bridgehead atoms. The van der Waals surface area contributed by atoms with E-state index in [-0.39, 0.29) is 11.5 Å². The summed E-state index contributed by atoms with van der Waals surface area (Å²) in [7, 11) is 0. The topological polar surface area (TPSA) is 38.0 Å². The first kappa shape index (κ1) is 15.8. The van der Waals surface area contributed by atoms with Crippen LogP contribution in [0.5, 0.6) is 0 Å². The van der Waals surface area contributed by atoms with Crippen molar-refractivity contribution in [2.75, 3.05) is 0 Å². The summed E-state index contributed by atoms with van der Waals surface area (Å²) in [6.07, 6.45) is 0.917. The summed E-state index contributed by atoms with van der Waals surface area (Å²) in [5, 5.41) is 1.38. The first-order valence-corrected chi connectivity index (χ1v) is 6.92. The van der Waals surface area contributed by atoms with Gasteiger partial charge >= 0.3 is 0 Å². The molecule has 0 aliphatic carbocycles. The molecule has 4 heteroatoms. The predicted molar refractivity (Wildman–Crippen MR) is 79.8 cm³/mol. The second kappa shape index (κ2) is 6.25. The van der Waals surface area contributed by atoms with Crippen LogP contribution in [0.2, 0.25) is 10.0 Å². The van der Waals surface area contributed by atoms with Crippen LogP contribution >= 0.6 is 23.2 Å². The van der Waals surface area contributed by atoms with Crippen molar-refractivity contribution in [3.63, 3.8) is 0 Å². The van der Waals surface area contributed by atoms with Gasteiger partial charge in [-0.1, -0.05) is 50.9 Å². The Morgan fingerprint density at radius 1 is 1.28 bits per heavy atom. The molecule has 2 unspecified atom stereocenters. The van der Waals surface area contributed by atoms with E-state index in [9.17, 15) is 0 Å². The third-order valence-corrected chi connectivity index (χ3v) is 4.18. The first-order chi connectivity index (χ1) is 8.25. The molecule has 0 radical (unpaired) electrons. The van der Waals surface area contributed by atoms with E-state index in [1.54, 1.807) is 6.07 Å². The molecule has 1 rings (SSSR count). The molecule has 0 heterocycles. The lowest BCUT2D eigenvalue weighted by atomic mass is 9.77. The molecule has 0 saturated heterocycles. The molecule has 0 fully saturated rings. The molecule has 1 aromatic rings. The van der Waals surface area contributed by atoms with Gasteiger partial charge in [-0.05, 0) is 41.5 Å². The van der Waals surface area contributed by atoms with Gasteiger partial charge in [0.25, 0.3) is 0 Å². The van der Waals surface area contributed by atoms with E-state index in [4.69, 9.17) is 29.0 Å². The fraction of sp³-hybridized carbons (Fsp3) is 0.571.